The van der Waals surface area contributed by atoms with Gasteiger partial charge in [-0.1, -0.05) is 0 Å². The highest BCUT2D eigenvalue weighted by molar-refractivity contribution is 4.69. The Labute approximate surface area is 73.0 Å². The van der Waals surface area contributed by atoms with Crippen LogP contribution in [0.4, 0.5) is 13.2 Å². The first-order valence-corrected chi connectivity index (χ1v) is 3.62. The van der Waals surface area contributed by atoms with Crippen molar-refractivity contribution >= 4 is 0 Å². The first-order valence-electron chi connectivity index (χ1n) is 3.62. The maximum absolute atomic E-state index is 11.7. The molecule has 0 amide bonds. The molecule has 0 radical (unpaired) electrons. The maximum Gasteiger partial charge on any atom is 0.415 e. The van der Waals surface area contributed by atoms with Crippen LogP contribution in [0.1, 0.15) is 0 Å². The summed E-state index contributed by atoms with van der Waals surface area (Å²) < 4.78 is 35.0. The molecule has 0 aromatic carbocycles. The molecule has 2 unspecified atom stereocenters. The zero-order valence-corrected chi connectivity index (χ0v) is 6.75. The molecule has 0 saturated carbocycles. The van der Waals surface area contributed by atoms with Gasteiger partial charge in [-0.05, 0) is 0 Å². The van der Waals surface area contributed by atoms with Crippen LogP contribution < -0.4 is 5.32 Å². The van der Waals surface area contributed by atoms with Gasteiger partial charge in [-0.3, -0.25) is 0 Å². The average molecular weight is 203 g/mol. The van der Waals surface area contributed by atoms with Crippen molar-refractivity contribution in [2.45, 2.75) is 18.4 Å². The monoisotopic (exact) mass is 203 g/mol. The van der Waals surface area contributed by atoms with E-state index in [1.54, 1.807) is 0 Å². The van der Waals surface area contributed by atoms with Gasteiger partial charge in [-0.2, -0.15) is 13.2 Å². The summed E-state index contributed by atoms with van der Waals surface area (Å²) in [4.78, 5) is 0. The summed E-state index contributed by atoms with van der Waals surface area (Å²) in [5.41, 5.74) is 0. The van der Waals surface area contributed by atoms with E-state index < -0.39 is 31.5 Å². The normalized spacial score (nSPS) is 17.1. The Morgan fingerprint density at radius 1 is 1.15 bits per heavy atom. The number of nitrogens with one attached hydrogen (secondary N) is 1. The second-order valence-electron chi connectivity index (χ2n) is 2.55. The molecule has 0 rings (SSSR count). The summed E-state index contributed by atoms with van der Waals surface area (Å²) in [7, 11) is 0. The molecule has 0 aliphatic carbocycles. The van der Waals surface area contributed by atoms with Crippen LogP contribution in [0, 0.1) is 0 Å². The summed E-state index contributed by atoms with van der Waals surface area (Å²) in [6.07, 6.45) is -8.21. The van der Waals surface area contributed by atoms with Crippen molar-refractivity contribution in [3.8, 4) is 0 Å². The fourth-order valence-electron chi connectivity index (χ4n) is 0.567. The van der Waals surface area contributed by atoms with Gasteiger partial charge in [0.2, 0.25) is 0 Å². The summed E-state index contributed by atoms with van der Waals surface area (Å²) in [5.74, 6) is 0. The van der Waals surface area contributed by atoms with Crippen LogP contribution in [0.5, 0.6) is 0 Å². The summed E-state index contributed by atoms with van der Waals surface area (Å²) in [6, 6.07) is 0. The molecule has 0 bridgehead atoms. The predicted octanol–water partition coefficient (Wildman–Crippen LogP) is -1.15. The van der Waals surface area contributed by atoms with E-state index in [1.807, 2.05) is 0 Å². The van der Waals surface area contributed by atoms with Crippen molar-refractivity contribution in [1.29, 1.82) is 0 Å². The third-order valence-corrected chi connectivity index (χ3v) is 1.31. The third kappa shape index (κ3) is 5.81. The van der Waals surface area contributed by atoms with Gasteiger partial charge in [0.25, 0.3) is 0 Å². The molecular weight excluding hydrogens is 191 g/mol. The molecular formula is C6H12F3NO3. The van der Waals surface area contributed by atoms with E-state index in [0.717, 1.165) is 0 Å². The molecule has 4 nitrogen and oxygen atoms in total. The minimum absolute atomic E-state index is 0.191. The fraction of sp³-hybridized carbons (Fsp3) is 1.00. The van der Waals surface area contributed by atoms with Gasteiger partial charge < -0.3 is 20.6 Å². The standard InChI is InChI=1S/C6H12F3NO3/c7-6(8,9)5(13)2-10-1-4(12)3-11/h4-5,10-13H,1-3H2. The number of aliphatic hydroxyl groups is 3. The number of alkyl halides is 3. The van der Waals surface area contributed by atoms with E-state index in [0.29, 0.717) is 0 Å². The Balaban J connectivity index is 3.54. The highest BCUT2D eigenvalue weighted by Gasteiger charge is 2.37. The van der Waals surface area contributed by atoms with Gasteiger partial charge in [0.15, 0.2) is 6.10 Å². The van der Waals surface area contributed by atoms with Crippen LogP contribution in [-0.4, -0.2) is 53.4 Å². The Morgan fingerprint density at radius 2 is 1.69 bits per heavy atom. The second kappa shape index (κ2) is 5.38. The van der Waals surface area contributed by atoms with Crippen molar-refractivity contribution in [2.24, 2.45) is 0 Å². The van der Waals surface area contributed by atoms with Crippen molar-refractivity contribution in [3.63, 3.8) is 0 Å². The van der Waals surface area contributed by atoms with Crippen molar-refractivity contribution in [2.75, 3.05) is 19.7 Å². The summed E-state index contributed by atoms with van der Waals surface area (Å²) in [5, 5.41) is 27.6. The van der Waals surface area contributed by atoms with Crippen LogP contribution in [0.3, 0.4) is 0 Å². The third-order valence-electron chi connectivity index (χ3n) is 1.31. The molecule has 0 aliphatic rings. The minimum Gasteiger partial charge on any atom is -0.394 e. The minimum atomic E-state index is -4.66. The predicted molar refractivity (Wildman–Crippen MR) is 38.0 cm³/mol. The summed E-state index contributed by atoms with van der Waals surface area (Å²) in [6.45, 7) is -1.42. The lowest BCUT2D eigenvalue weighted by molar-refractivity contribution is -0.202. The van der Waals surface area contributed by atoms with Crippen molar-refractivity contribution in [3.05, 3.63) is 0 Å². The van der Waals surface area contributed by atoms with Crippen molar-refractivity contribution < 1.29 is 28.5 Å². The van der Waals surface area contributed by atoms with Gasteiger partial charge in [-0.25, -0.2) is 0 Å². The van der Waals surface area contributed by atoms with Crippen LogP contribution in [0.2, 0.25) is 0 Å². The lowest BCUT2D eigenvalue weighted by Gasteiger charge is -2.15. The van der Waals surface area contributed by atoms with Crippen LogP contribution in [0.15, 0.2) is 0 Å². The first-order chi connectivity index (χ1) is 5.88. The van der Waals surface area contributed by atoms with Gasteiger partial charge in [0.05, 0.1) is 12.7 Å². The molecule has 7 heteroatoms. The average Bonchev–Trinajstić information content (AvgIpc) is 2.02. The highest BCUT2D eigenvalue weighted by Crippen LogP contribution is 2.18. The fourth-order valence-corrected chi connectivity index (χ4v) is 0.567. The van der Waals surface area contributed by atoms with E-state index >= 15 is 0 Å². The number of aliphatic hydroxyl groups excluding tert-OH is 3. The van der Waals surface area contributed by atoms with Crippen LogP contribution in [0.25, 0.3) is 0 Å². The molecule has 4 N–H and O–H groups in total. The SMILES string of the molecule is OCC(O)CNCC(O)C(F)(F)F. The Morgan fingerprint density at radius 3 is 2.08 bits per heavy atom. The molecule has 2 atom stereocenters. The molecule has 0 spiro atoms. The van der Waals surface area contributed by atoms with E-state index in [1.165, 1.54) is 0 Å². The van der Waals surface area contributed by atoms with Gasteiger partial charge in [0, 0.05) is 13.1 Å². The van der Waals surface area contributed by atoms with E-state index in [4.69, 9.17) is 15.3 Å². The number of rotatable bonds is 5. The number of halogens is 3. The molecule has 80 valence electrons. The molecule has 0 saturated heterocycles. The topological polar surface area (TPSA) is 72.7 Å². The Bertz CT molecular complexity index is 142. The smallest absolute Gasteiger partial charge is 0.394 e. The van der Waals surface area contributed by atoms with Gasteiger partial charge in [-0.15, -0.1) is 0 Å². The van der Waals surface area contributed by atoms with Crippen LogP contribution >= 0.6 is 0 Å². The Hall–Kier alpha value is -0.370. The van der Waals surface area contributed by atoms with E-state index in [9.17, 15) is 13.2 Å². The highest BCUT2D eigenvalue weighted by atomic mass is 19.4. The largest absolute Gasteiger partial charge is 0.415 e. The molecule has 13 heavy (non-hydrogen) atoms. The zero-order chi connectivity index (χ0) is 10.5. The van der Waals surface area contributed by atoms with Crippen LogP contribution in [-0.2, 0) is 0 Å². The summed E-state index contributed by atoms with van der Waals surface area (Å²) >= 11 is 0. The number of hydrogen-bond donors (Lipinski definition) is 4. The maximum atomic E-state index is 11.7. The van der Waals surface area contributed by atoms with Gasteiger partial charge in [0.1, 0.15) is 0 Å². The quantitative estimate of drug-likeness (QED) is 0.455. The molecule has 0 heterocycles. The second-order valence-corrected chi connectivity index (χ2v) is 2.55. The zero-order valence-electron chi connectivity index (χ0n) is 6.75. The van der Waals surface area contributed by atoms with Crippen molar-refractivity contribution in [1.82, 2.24) is 5.32 Å². The van der Waals surface area contributed by atoms with E-state index in [2.05, 4.69) is 5.32 Å². The Kier molecular flexibility index (Phi) is 5.23. The lowest BCUT2D eigenvalue weighted by atomic mass is 10.3. The number of hydrogen-bond acceptors (Lipinski definition) is 4. The molecule has 0 fully saturated rings. The molecule has 0 aromatic heterocycles. The molecule has 0 aromatic rings. The molecule has 0 aliphatic heterocycles. The first kappa shape index (κ1) is 12.6. The van der Waals surface area contributed by atoms with E-state index in [-0.39, 0.29) is 6.54 Å². The van der Waals surface area contributed by atoms with Gasteiger partial charge >= 0.3 is 6.18 Å². The lowest BCUT2D eigenvalue weighted by Crippen LogP contribution is -2.41.